The predicted octanol–water partition coefficient (Wildman–Crippen LogP) is 1.78. The van der Waals surface area contributed by atoms with E-state index in [1.807, 2.05) is 0 Å². The van der Waals surface area contributed by atoms with Crippen LogP contribution in [-0.4, -0.2) is 26.8 Å². The first-order chi connectivity index (χ1) is 8.97. The van der Waals surface area contributed by atoms with E-state index >= 15 is 0 Å². The lowest BCUT2D eigenvalue weighted by Crippen LogP contribution is -2.15. The Morgan fingerprint density at radius 1 is 1.37 bits per heavy atom. The SMILES string of the molecule is CC(C)OC(=O)c1nn(-c2ccc(Cl)cc2)c(=O)[nH]1. The van der Waals surface area contributed by atoms with Gasteiger partial charge in [0.15, 0.2) is 0 Å². The summed E-state index contributed by atoms with van der Waals surface area (Å²) in [6.45, 7) is 3.43. The molecule has 0 spiro atoms. The maximum absolute atomic E-state index is 11.7. The van der Waals surface area contributed by atoms with Gasteiger partial charge in [0, 0.05) is 5.02 Å². The lowest BCUT2D eigenvalue weighted by molar-refractivity contribution is 0.0363. The maximum Gasteiger partial charge on any atom is 0.376 e. The molecule has 100 valence electrons. The summed E-state index contributed by atoms with van der Waals surface area (Å²) in [5.74, 6) is -0.798. The first kappa shape index (κ1) is 13.4. The van der Waals surface area contributed by atoms with E-state index in [4.69, 9.17) is 16.3 Å². The second kappa shape index (κ2) is 5.27. The van der Waals surface area contributed by atoms with E-state index < -0.39 is 11.7 Å². The van der Waals surface area contributed by atoms with Crippen LogP contribution in [0.1, 0.15) is 24.5 Å². The van der Waals surface area contributed by atoms with Crippen LogP contribution in [0.2, 0.25) is 5.02 Å². The molecular formula is C12H12ClN3O3. The molecule has 2 aromatic rings. The van der Waals surface area contributed by atoms with E-state index in [0.29, 0.717) is 10.7 Å². The van der Waals surface area contributed by atoms with Gasteiger partial charge in [-0.15, -0.1) is 5.10 Å². The number of halogens is 1. The number of ether oxygens (including phenoxy) is 1. The van der Waals surface area contributed by atoms with Crippen molar-refractivity contribution in [2.24, 2.45) is 0 Å². The van der Waals surface area contributed by atoms with Crippen molar-refractivity contribution in [1.82, 2.24) is 14.8 Å². The third-order valence-electron chi connectivity index (χ3n) is 2.22. The highest BCUT2D eigenvalue weighted by atomic mass is 35.5. The van der Waals surface area contributed by atoms with Crippen LogP contribution in [0.25, 0.3) is 5.69 Å². The molecule has 7 heteroatoms. The Morgan fingerprint density at radius 3 is 2.58 bits per heavy atom. The highest BCUT2D eigenvalue weighted by molar-refractivity contribution is 6.30. The third kappa shape index (κ3) is 3.03. The second-order valence-corrected chi connectivity index (χ2v) is 4.56. The third-order valence-corrected chi connectivity index (χ3v) is 2.48. The summed E-state index contributed by atoms with van der Waals surface area (Å²) in [6, 6.07) is 6.51. The van der Waals surface area contributed by atoms with Gasteiger partial charge >= 0.3 is 11.7 Å². The van der Waals surface area contributed by atoms with Crippen LogP contribution < -0.4 is 5.69 Å². The zero-order valence-corrected chi connectivity index (χ0v) is 11.1. The van der Waals surface area contributed by atoms with Crippen molar-refractivity contribution in [3.8, 4) is 5.69 Å². The van der Waals surface area contributed by atoms with Gasteiger partial charge < -0.3 is 4.74 Å². The van der Waals surface area contributed by atoms with Crippen LogP contribution in [-0.2, 0) is 4.74 Å². The molecule has 0 unspecified atom stereocenters. The van der Waals surface area contributed by atoms with Crippen LogP contribution in [0.5, 0.6) is 0 Å². The van der Waals surface area contributed by atoms with E-state index in [-0.39, 0.29) is 11.9 Å². The smallest absolute Gasteiger partial charge is 0.376 e. The number of benzene rings is 1. The fraction of sp³-hybridized carbons (Fsp3) is 0.250. The van der Waals surface area contributed by atoms with Crippen molar-refractivity contribution in [2.45, 2.75) is 20.0 Å². The van der Waals surface area contributed by atoms with Gasteiger partial charge in [0.25, 0.3) is 0 Å². The minimum absolute atomic E-state index is 0.131. The Kier molecular flexibility index (Phi) is 3.71. The molecule has 1 heterocycles. The minimum Gasteiger partial charge on any atom is -0.457 e. The highest BCUT2D eigenvalue weighted by Crippen LogP contribution is 2.11. The van der Waals surface area contributed by atoms with E-state index in [1.165, 1.54) is 0 Å². The summed E-state index contributed by atoms with van der Waals surface area (Å²) in [5, 5.41) is 4.44. The van der Waals surface area contributed by atoms with Gasteiger partial charge in [-0.05, 0) is 38.1 Å². The molecule has 0 aliphatic carbocycles. The zero-order chi connectivity index (χ0) is 14.0. The molecule has 6 nitrogen and oxygen atoms in total. The van der Waals surface area contributed by atoms with Crippen LogP contribution in [0, 0.1) is 0 Å². The Bertz CT molecular complexity index is 643. The average Bonchev–Trinajstić information content (AvgIpc) is 2.72. The van der Waals surface area contributed by atoms with E-state index in [1.54, 1.807) is 38.1 Å². The Balaban J connectivity index is 2.34. The predicted molar refractivity (Wildman–Crippen MR) is 69.7 cm³/mol. The first-order valence-corrected chi connectivity index (χ1v) is 6.01. The fourth-order valence-corrected chi connectivity index (χ4v) is 1.57. The first-order valence-electron chi connectivity index (χ1n) is 5.63. The Labute approximate surface area is 114 Å². The zero-order valence-electron chi connectivity index (χ0n) is 10.4. The molecule has 0 aliphatic rings. The number of esters is 1. The summed E-state index contributed by atoms with van der Waals surface area (Å²) in [6.07, 6.45) is -0.281. The summed E-state index contributed by atoms with van der Waals surface area (Å²) in [4.78, 5) is 25.7. The summed E-state index contributed by atoms with van der Waals surface area (Å²) in [5.41, 5.74) is -0.00715. The summed E-state index contributed by atoms with van der Waals surface area (Å²) >= 11 is 5.76. The number of aromatic amines is 1. The van der Waals surface area contributed by atoms with Crippen molar-refractivity contribution in [2.75, 3.05) is 0 Å². The molecular weight excluding hydrogens is 270 g/mol. The van der Waals surface area contributed by atoms with Crippen molar-refractivity contribution < 1.29 is 9.53 Å². The van der Waals surface area contributed by atoms with Gasteiger partial charge in [-0.3, -0.25) is 4.98 Å². The van der Waals surface area contributed by atoms with Crippen LogP contribution in [0.15, 0.2) is 29.1 Å². The molecule has 0 atom stereocenters. The van der Waals surface area contributed by atoms with Crippen molar-refractivity contribution in [1.29, 1.82) is 0 Å². The Morgan fingerprint density at radius 2 is 2.00 bits per heavy atom. The summed E-state index contributed by atoms with van der Waals surface area (Å²) in [7, 11) is 0. The number of carbonyl (C=O) groups is 1. The number of H-pyrrole nitrogens is 1. The molecule has 0 aliphatic heterocycles. The highest BCUT2D eigenvalue weighted by Gasteiger charge is 2.16. The number of hydrogen-bond acceptors (Lipinski definition) is 4. The van der Waals surface area contributed by atoms with Gasteiger partial charge in [0.2, 0.25) is 5.82 Å². The quantitative estimate of drug-likeness (QED) is 0.870. The molecule has 19 heavy (non-hydrogen) atoms. The minimum atomic E-state index is -0.667. The van der Waals surface area contributed by atoms with Gasteiger partial charge in [0.05, 0.1) is 11.8 Å². The van der Waals surface area contributed by atoms with Crippen LogP contribution >= 0.6 is 11.6 Å². The van der Waals surface area contributed by atoms with E-state index in [0.717, 1.165) is 4.68 Å². The number of nitrogens with one attached hydrogen (secondary N) is 1. The number of nitrogens with zero attached hydrogens (tertiary/aromatic N) is 2. The topological polar surface area (TPSA) is 77.0 Å². The number of rotatable bonds is 3. The number of aromatic nitrogens is 3. The largest absolute Gasteiger partial charge is 0.457 e. The van der Waals surface area contributed by atoms with Crippen LogP contribution in [0.4, 0.5) is 0 Å². The average molecular weight is 282 g/mol. The second-order valence-electron chi connectivity index (χ2n) is 4.12. The molecule has 2 rings (SSSR count). The van der Waals surface area contributed by atoms with Gasteiger partial charge in [-0.2, -0.15) is 4.68 Å². The monoisotopic (exact) mass is 281 g/mol. The molecule has 1 N–H and O–H groups in total. The van der Waals surface area contributed by atoms with E-state index in [9.17, 15) is 9.59 Å². The lowest BCUT2D eigenvalue weighted by Gasteiger charge is -2.04. The molecule has 1 aromatic heterocycles. The molecule has 0 amide bonds. The lowest BCUT2D eigenvalue weighted by atomic mass is 10.3. The molecule has 0 saturated heterocycles. The van der Waals surface area contributed by atoms with E-state index in [2.05, 4.69) is 10.1 Å². The van der Waals surface area contributed by atoms with Gasteiger partial charge in [-0.25, -0.2) is 9.59 Å². The molecule has 0 saturated carbocycles. The van der Waals surface area contributed by atoms with Gasteiger partial charge in [-0.1, -0.05) is 11.6 Å². The van der Waals surface area contributed by atoms with Crippen molar-refractivity contribution >= 4 is 17.6 Å². The molecule has 1 aromatic carbocycles. The standard InChI is InChI=1S/C12H12ClN3O3/c1-7(2)19-11(17)10-14-12(18)16(15-10)9-5-3-8(13)4-6-9/h3-7H,1-2H3,(H,14,15,18). The van der Waals surface area contributed by atoms with Crippen LogP contribution in [0.3, 0.4) is 0 Å². The van der Waals surface area contributed by atoms with Crippen molar-refractivity contribution in [3.63, 3.8) is 0 Å². The number of carbonyl (C=O) groups excluding carboxylic acids is 1. The maximum atomic E-state index is 11.7. The molecule has 0 bridgehead atoms. The fourth-order valence-electron chi connectivity index (χ4n) is 1.44. The molecule has 0 radical (unpaired) electrons. The molecule has 0 fully saturated rings. The number of hydrogen-bond donors (Lipinski definition) is 1. The van der Waals surface area contributed by atoms with Gasteiger partial charge in [0.1, 0.15) is 0 Å². The summed E-state index contributed by atoms with van der Waals surface area (Å²) < 4.78 is 6.03. The van der Waals surface area contributed by atoms with Crippen molar-refractivity contribution in [3.05, 3.63) is 45.6 Å². The Hall–Kier alpha value is -2.08. The normalized spacial score (nSPS) is 10.7.